The Morgan fingerprint density at radius 3 is 2.46 bits per heavy atom. The number of hydrogen-bond acceptors (Lipinski definition) is 5. The molecule has 0 aliphatic heterocycles. The van der Waals surface area contributed by atoms with Crippen LogP contribution in [0.4, 0.5) is 4.39 Å². The summed E-state index contributed by atoms with van der Waals surface area (Å²) in [7, 11) is 1.64. The van der Waals surface area contributed by atoms with Crippen LogP contribution in [-0.4, -0.2) is 26.9 Å². The van der Waals surface area contributed by atoms with Gasteiger partial charge in [-0.25, -0.2) is 4.39 Å². The van der Waals surface area contributed by atoms with E-state index in [0.717, 1.165) is 22.6 Å². The van der Waals surface area contributed by atoms with E-state index in [2.05, 4.69) is 15.3 Å². The number of fused-ring (bicyclic) bond motifs is 1. The lowest BCUT2D eigenvalue weighted by atomic mass is 10.1. The first-order chi connectivity index (χ1) is 12.7. The zero-order valence-corrected chi connectivity index (χ0v) is 14.8. The highest BCUT2D eigenvalue weighted by atomic mass is 32.2. The number of aromatic nitrogens is 4. The summed E-state index contributed by atoms with van der Waals surface area (Å²) in [6.45, 7) is 0. The van der Waals surface area contributed by atoms with E-state index in [-0.39, 0.29) is 5.82 Å². The first-order valence-electron chi connectivity index (χ1n) is 7.97. The maximum absolute atomic E-state index is 13.0. The van der Waals surface area contributed by atoms with Crippen molar-refractivity contribution < 1.29 is 9.13 Å². The van der Waals surface area contributed by atoms with Gasteiger partial charge in [0.15, 0.2) is 5.65 Å². The van der Waals surface area contributed by atoms with Crippen LogP contribution in [0, 0.1) is 5.82 Å². The highest BCUT2D eigenvalue weighted by Crippen LogP contribution is 2.24. The van der Waals surface area contributed by atoms with Gasteiger partial charge in [-0.15, -0.1) is 10.2 Å². The van der Waals surface area contributed by atoms with Gasteiger partial charge < -0.3 is 4.74 Å². The third kappa shape index (κ3) is 3.39. The summed E-state index contributed by atoms with van der Waals surface area (Å²) < 4.78 is 19.9. The maximum Gasteiger partial charge on any atom is 0.212 e. The molecule has 26 heavy (non-hydrogen) atoms. The molecule has 4 rings (SSSR count). The topological polar surface area (TPSA) is 52.3 Å². The molecule has 0 bridgehead atoms. The van der Waals surface area contributed by atoms with Crippen LogP contribution >= 0.6 is 11.8 Å². The quantitative estimate of drug-likeness (QED) is 0.495. The fraction of sp³-hybridized carbons (Fsp3) is 0.105. The van der Waals surface area contributed by atoms with Crippen molar-refractivity contribution in [2.75, 3.05) is 7.11 Å². The van der Waals surface area contributed by atoms with Crippen molar-refractivity contribution >= 4 is 17.4 Å². The molecule has 5 nitrogen and oxygen atoms in total. The van der Waals surface area contributed by atoms with E-state index >= 15 is 0 Å². The number of ether oxygens (including phenoxy) is 1. The van der Waals surface area contributed by atoms with Crippen molar-refractivity contribution in [2.45, 2.75) is 10.9 Å². The average Bonchev–Trinajstić information content (AvgIpc) is 3.10. The standard InChI is InChI=1S/C19H15FN4OS/c1-25-16-8-4-14(5-9-16)17-10-11-18-21-22-19(24(18)23-17)26-12-13-2-6-15(20)7-3-13/h2-11H,12H2,1H3. The summed E-state index contributed by atoms with van der Waals surface area (Å²) in [5.41, 5.74) is 3.50. The van der Waals surface area contributed by atoms with E-state index in [4.69, 9.17) is 4.74 Å². The van der Waals surface area contributed by atoms with Gasteiger partial charge in [0.1, 0.15) is 11.6 Å². The highest BCUT2D eigenvalue weighted by molar-refractivity contribution is 7.98. The second-order valence-electron chi connectivity index (χ2n) is 5.61. The normalized spacial score (nSPS) is 11.0. The molecule has 4 aromatic rings. The molecule has 0 saturated heterocycles. The van der Waals surface area contributed by atoms with Gasteiger partial charge in [0, 0.05) is 11.3 Å². The van der Waals surface area contributed by atoms with Crippen LogP contribution in [0.5, 0.6) is 5.75 Å². The molecule has 0 amide bonds. The van der Waals surface area contributed by atoms with Crippen LogP contribution in [0.3, 0.4) is 0 Å². The van der Waals surface area contributed by atoms with Crippen molar-refractivity contribution in [3.05, 3.63) is 72.0 Å². The second-order valence-corrected chi connectivity index (χ2v) is 6.56. The number of nitrogens with zero attached hydrogens (tertiary/aromatic N) is 4. The Labute approximate surface area is 153 Å². The van der Waals surface area contributed by atoms with Crippen molar-refractivity contribution in [1.82, 2.24) is 19.8 Å². The molecular formula is C19H15FN4OS. The van der Waals surface area contributed by atoms with Gasteiger partial charge in [-0.1, -0.05) is 23.9 Å². The van der Waals surface area contributed by atoms with Crippen LogP contribution < -0.4 is 4.74 Å². The zero-order valence-electron chi connectivity index (χ0n) is 14.0. The van der Waals surface area contributed by atoms with Crippen molar-refractivity contribution in [1.29, 1.82) is 0 Å². The Bertz CT molecular complexity index is 1030. The summed E-state index contributed by atoms with van der Waals surface area (Å²) in [5.74, 6) is 1.22. The van der Waals surface area contributed by atoms with Crippen LogP contribution in [0.2, 0.25) is 0 Å². The molecule has 130 valence electrons. The van der Waals surface area contributed by atoms with Gasteiger partial charge in [0.25, 0.3) is 0 Å². The van der Waals surface area contributed by atoms with Crippen LogP contribution in [0.25, 0.3) is 16.9 Å². The SMILES string of the molecule is COc1ccc(-c2ccc3nnc(SCc4ccc(F)cc4)n3n2)cc1. The lowest BCUT2D eigenvalue weighted by Gasteiger charge is -2.05. The number of methoxy groups -OCH3 is 1. The zero-order chi connectivity index (χ0) is 17.9. The van der Waals surface area contributed by atoms with E-state index in [1.807, 2.05) is 36.4 Å². The minimum Gasteiger partial charge on any atom is -0.497 e. The summed E-state index contributed by atoms with van der Waals surface area (Å²) >= 11 is 1.51. The van der Waals surface area contributed by atoms with E-state index in [9.17, 15) is 4.39 Å². The first-order valence-corrected chi connectivity index (χ1v) is 8.95. The summed E-state index contributed by atoms with van der Waals surface area (Å²) in [6.07, 6.45) is 0. The van der Waals surface area contributed by atoms with Crippen molar-refractivity contribution in [3.63, 3.8) is 0 Å². The Hall–Kier alpha value is -2.93. The summed E-state index contributed by atoms with van der Waals surface area (Å²) in [6, 6.07) is 18.0. The molecule has 0 unspecified atom stereocenters. The second kappa shape index (κ2) is 7.13. The Morgan fingerprint density at radius 1 is 0.962 bits per heavy atom. The molecule has 0 atom stereocenters. The summed E-state index contributed by atoms with van der Waals surface area (Å²) in [4.78, 5) is 0. The fourth-order valence-corrected chi connectivity index (χ4v) is 3.35. The van der Waals surface area contributed by atoms with E-state index in [1.165, 1.54) is 23.9 Å². The lowest BCUT2D eigenvalue weighted by Crippen LogP contribution is -1.96. The summed E-state index contributed by atoms with van der Waals surface area (Å²) in [5, 5.41) is 13.7. The molecule has 2 aromatic heterocycles. The van der Waals surface area contributed by atoms with E-state index < -0.39 is 0 Å². The van der Waals surface area contributed by atoms with Gasteiger partial charge in [0.2, 0.25) is 5.16 Å². The van der Waals surface area contributed by atoms with E-state index in [1.54, 1.807) is 23.8 Å². The largest absolute Gasteiger partial charge is 0.497 e. The monoisotopic (exact) mass is 366 g/mol. The molecule has 0 aliphatic carbocycles. The molecule has 0 saturated carbocycles. The molecule has 0 fully saturated rings. The number of thioether (sulfide) groups is 1. The van der Waals surface area contributed by atoms with Crippen LogP contribution in [0.1, 0.15) is 5.56 Å². The third-order valence-corrected chi connectivity index (χ3v) is 4.89. The number of rotatable bonds is 5. The van der Waals surface area contributed by atoms with Gasteiger partial charge in [0.05, 0.1) is 12.8 Å². The lowest BCUT2D eigenvalue weighted by molar-refractivity contribution is 0.415. The molecule has 0 aliphatic rings. The fourth-order valence-electron chi connectivity index (χ4n) is 2.50. The van der Waals surface area contributed by atoms with Gasteiger partial charge >= 0.3 is 0 Å². The molecule has 0 spiro atoms. The van der Waals surface area contributed by atoms with Crippen LogP contribution in [-0.2, 0) is 5.75 Å². The van der Waals surface area contributed by atoms with Gasteiger partial charge in [-0.3, -0.25) is 0 Å². The highest BCUT2D eigenvalue weighted by Gasteiger charge is 2.10. The van der Waals surface area contributed by atoms with Crippen molar-refractivity contribution in [3.8, 4) is 17.0 Å². The number of halogens is 1. The first kappa shape index (κ1) is 16.5. The predicted molar refractivity (Wildman–Crippen MR) is 98.7 cm³/mol. The maximum atomic E-state index is 13.0. The minimum absolute atomic E-state index is 0.238. The molecule has 2 heterocycles. The predicted octanol–water partition coefficient (Wildman–Crippen LogP) is 4.23. The molecular weight excluding hydrogens is 351 g/mol. The Balaban J connectivity index is 1.60. The Morgan fingerprint density at radius 2 is 1.73 bits per heavy atom. The Kier molecular flexibility index (Phi) is 4.53. The molecule has 0 radical (unpaired) electrons. The molecule has 2 aromatic carbocycles. The van der Waals surface area contributed by atoms with Crippen molar-refractivity contribution in [2.24, 2.45) is 0 Å². The number of hydrogen-bond donors (Lipinski definition) is 0. The average molecular weight is 366 g/mol. The van der Waals surface area contributed by atoms with E-state index in [0.29, 0.717) is 16.6 Å². The van der Waals surface area contributed by atoms with Gasteiger partial charge in [-0.05, 0) is 54.1 Å². The number of benzene rings is 2. The van der Waals surface area contributed by atoms with Crippen LogP contribution in [0.15, 0.2) is 65.8 Å². The van der Waals surface area contributed by atoms with Gasteiger partial charge in [-0.2, -0.15) is 9.61 Å². The smallest absolute Gasteiger partial charge is 0.212 e. The molecule has 7 heteroatoms. The molecule has 0 N–H and O–H groups in total. The minimum atomic E-state index is -0.238. The third-order valence-electron chi connectivity index (χ3n) is 3.90.